The zero-order valence-electron chi connectivity index (χ0n) is 33.3. The van der Waals surface area contributed by atoms with Crippen molar-refractivity contribution in [1.29, 1.82) is 0 Å². The van der Waals surface area contributed by atoms with E-state index in [9.17, 15) is 4.79 Å². The van der Waals surface area contributed by atoms with Crippen molar-refractivity contribution in [2.24, 2.45) is 5.41 Å². The number of allylic oxidation sites excluding steroid dienone is 2. The Morgan fingerprint density at radius 3 is 1.34 bits per heavy atom. The lowest BCUT2D eigenvalue weighted by molar-refractivity contribution is 0.101. The van der Waals surface area contributed by atoms with E-state index in [1.165, 1.54) is 53.5 Å². The Bertz CT molecular complexity index is 1230. The molecule has 0 amide bonds. The van der Waals surface area contributed by atoms with E-state index in [1.54, 1.807) is 20.1 Å². The van der Waals surface area contributed by atoms with Crippen molar-refractivity contribution in [3.8, 4) is 5.75 Å². The van der Waals surface area contributed by atoms with Gasteiger partial charge in [-0.05, 0) is 93.7 Å². The van der Waals surface area contributed by atoms with Gasteiger partial charge in [-0.2, -0.15) is 0 Å². The summed E-state index contributed by atoms with van der Waals surface area (Å²) in [6.45, 7) is 37.2. The molecule has 0 aliphatic carbocycles. The average Bonchev–Trinajstić information content (AvgIpc) is 3.02. The number of Topliss-reactive ketones (excluding diaryl/α,β-unsaturated/α-hetero) is 1. The average molecular weight is 645 g/mol. The molecular formula is C45H72O2. The first-order valence-corrected chi connectivity index (χ1v) is 17.5. The summed E-state index contributed by atoms with van der Waals surface area (Å²) >= 11 is 0. The van der Waals surface area contributed by atoms with Gasteiger partial charge in [-0.1, -0.05) is 159 Å². The van der Waals surface area contributed by atoms with Gasteiger partial charge in [-0.3, -0.25) is 4.79 Å². The first-order valence-electron chi connectivity index (χ1n) is 17.5. The number of aryl methyl sites for hydroxylation is 4. The standard InChI is InChI=1S/C11H14O2.C10H12.C8H10.C8H16.2C4H10/c1-4-9-5-6-10(8(2)12)7-11(9)13-3;1-8(2)10-7-5-4-6-9(10)3;1-7-5-3-4-6-8(7)2;1-7(2)6-8(3,4)5;2*1-3-4-2/h5-7H,4H2,1-3H3;4-7H,1H2,2-3H3;3-6H,1-2H3;1,6H2,2-5H3;2*3-4H2,1-2H3. The van der Waals surface area contributed by atoms with Gasteiger partial charge in [0.2, 0.25) is 0 Å². The first-order chi connectivity index (χ1) is 21.9. The van der Waals surface area contributed by atoms with Crippen molar-refractivity contribution >= 4 is 11.4 Å². The van der Waals surface area contributed by atoms with Gasteiger partial charge < -0.3 is 4.74 Å². The van der Waals surface area contributed by atoms with E-state index < -0.39 is 0 Å². The van der Waals surface area contributed by atoms with Crippen molar-refractivity contribution in [3.63, 3.8) is 0 Å². The van der Waals surface area contributed by atoms with E-state index in [0.29, 0.717) is 11.0 Å². The molecule has 264 valence electrons. The zero-order valence-corrected chi connectivity index (χ0v) is 33.3. The fourth-order valence-electron chi connectivity index (χ4n) is 3.88. The molecule has 3 aromatic rings. The van der Waals surface area contributed by atoms with Gasteiger partial charge in [0.1, 0.15) is 5.75 Å². The molecule has 0 radical (unpaired) electrons. The summed E-state index contributed by atoms with van der Waals surface area (Å²) < 4.78 is 5.17. The number of benzene rings is 3. The van der Waals surface area contributed by atoms with Crippen LogP contribution in [-0.2, 0) is 6.42 Å². The number of methoxy groups -OCH3 is 1. The summed E-state index contributed by atoms with van der Waals surface area (Å²) in [5, 5.41) is 0. The van der Waals surface area contributed by atoms with Crippen molar-refractivity contribution in [2.75, 3.05) is 7.11 Å². The zero-order chi connectivity index (χ0) is 37.0. The molecular weight excluding hydrogens is 572 g/mol. The quantitative estimate of drug-likeness (QED) is 0.189. The Kier molecular flexibility index (Phi) is 29.4. The molecule has 0 spiro atoms. The van der Waals surface area contributed by atoms with Gasteiger partial charge in [-0.25, -0.2) is 0 Å². The number of ether oxygens (including phenoxy) is 1. The number of rotatable bonds is 7. The van der Waals surface area contributed by atoms with E-state index in [2.05, 4.69) is 133 Å². The molecule has 0 fully saturated rings. The molecule has 2 nitrogen and oxygen atoms in total. The van der Waals surface area contributed by atoms with Crippen LogP contribution in [0.2, 0.25) is 0 Å². The molecule has 2 heteroatoms. The minimum Gasteiger partial charge on any atom is -0.496 e. The van der Waals surface area contributed by atoms with Crippen LogP contribution in [0.15, 0.2) is 85.5 Å². The van der Waals surface area contributed by atoms with Gasteiger partial charge >= 0.3 is 0 Å². The van der Waals surface area contributed by atoms with Crippen molar-refractivity contribution in [2.45, 2.75) is 135 Å². The van der Waals surface area contributed by atoms with Crippen LogP contribution in [0.25, 0.3) is 5.57 Å². The Morgan fingerprint density at radius 1 is 0.681 bits per heavy atom. The maximum atomic E-state index is 11.1. The van der Waals surface area contributed by atoms with Crippen LogP contribution >= 0.6 is 0 Å². The van der Waals surface area contributed by atoms with E-state index in [4.69, 9.17) is 4.74 Å². The fourth-order valence-corrected chi connectivity index (χ4v) is 3.88. The van der Waals surface area contributed by atoms with Crippen LogP contribution in [0.5, 0.6) is 5.75 Å². The molecule has 0 aliphatic rings. The molecule has 0 N–H and O–H groups in total. The highest BCUT2D eigenvalue weighted by atomic mass is 16.5. The third-order valence-electron chi connectivity index (χ3n) is 6.94. The SMILES string of the molecule is C=C(C)CC(C)(C)C.C=C(C)c1ccccc1C.CCCC.CCCC.CCc1ccc(C(C)=O)cc1OC.Cc1ccccc1C. The van der Waals surface area contributed by atoms with Gasteiger partial charge in [0.15, 0.2) is 5.78 Å². The van der Waals surface area contributed by atoms with E-state index in [-0.39, 0.29) is 5.78 Å². The Morgan fingerprint density at radius 2 is 1.11 bits per heavy atom. The summed E-state index contributed by atoms with van der Waals surface area (Å²) in [5.41, 5.74) is 9.97. The maximum Gasteiger partial charge on any atom is 0.159 e. The minimum absolute atomic E-state index is 0.0703. The van der Waals surface area contributed by atoms with Crippen molar-refractivity contribution < 1.29 is 9.53 Å². The molecule has 0 heterocycles. The molecule has 0 saturated carbocycles. The lowest BCUT2D eigenvalue weighted by atomic mass is 9.89. The lowest BCUT2D eigenvalue weighted by Gasteiger charge is -2.17. The molecule has 0 bridgehead atoms. The molecule has 0 atom stereocenters. The number of carbonyl (C=O) groups is 1. The minimum atomic E-state index is 0.0703. The van der Waals surface area contributed by atoms with Gasteiger partial charge in [-0.15, -0.1) is 6.58 Å². The van der Waals surface area contributed by atoms with E-state index >= 15 is 0 Å². The van der Waals surface area contributed by atoms with Crippen LogP contribution in [0, 0.1) is 26.2 Å². The molecule has 0 saturated heterocycles. The van der Waals surface area contributed by atoms with Gasteiger partial charge in [0, 0.05) is 5.56 Å². The predicted octanol–water partition coefficient (Wildman–Crippen LogP) is 14.4. The van der Waals surface area contributed by atoms with Crippen LogP contribution in [0.1, 0.15) is 146 Å². The number of unbranched alkanes of at least 4 members (excludes halogenated alkanes) is 2. The number of ketones is 1. The second-order valence-corrected chi connectivity index (χ2v) is 13.3. The van der Waals surface area contributed by atoms with Crippen LogP contribution in [-0.4, -0.2) is 12.9 Å². The van der Waals surface area contributed by atoms with E-state index in [1.807, 2.05) is 31.2 Å². The Hall–Kier alpha value is -3.39. The highest BCUT2D eigenvalue weighted by molar-refractivity contribution is 5.94. The fraction of sp³-hybridized carbons (Fsp3) is 0.489. The third kappa shape index (κ3) is 27.4. The highest BCUT2D eigenvalue weighted by Crippen LogP contribution is 2.22. The maximum absolute atomic E-state index is 11.1. The number of carbonyl (C=O) groups excluding carboxylic acids is 1. The summed E-state index contributed by atoms with van der Waals surface area (Å²) in [6, 6.07) is 22.2. The highest BCUT2D eigenvalue weighted by Gasteiger charge is 2.08. The predicted molar refractivity (Wildman–Crippen MR) is 214 cm³/mol. The summed E-state index contributed by atoms with van der Waals surface area (Å²) in [7, 11) is 1.62. The monoisotopic (exact) mass is 645 g/mol. The molecule has 3 aromatic carbocycles. The Labute approximate surface area is 292 Å². The molecule has 0 aromatic heterocycles. The van der Waals surface area contributed by atoms with Crippen LogP contribution in [0.3, 0.4) is 0 Å². The van der Waals surface area contributed by atoms with Crippen molar-refractivity contribution in [1.82, 2.24) is 0 Å². The van der Waals surface area contributed by atoms with Gasteiger partial charge in [0.25, 0.3) is 0 Å². The first kappa shape index (κ1) is 48.0. The van der Waals surface area contributed by atoms with Crippen LogP contribution in [0.4, 0.5) is 0 Å². The second kappa shape index (κ2) is 28.8. The van der Waals surface area contributed by atoms with E-state index in [0.717, 1.165) is 29.7 Å². The Balaban J connectivity index is -0.000000518. The molecule has 3 rings (SSSR count). The molecule has 47 heavy (non-hydrogen) atoms. The normalized spacial score (nSPS) is 9.51. The summed E-state index contributed by atoms with van der Waals surface area (Å²) in [5.74, 6) is 0.871. The summed E-state index contributed by atoms with van der Waals surface area (Å²) in [6.07, 6.45) is 7.33. The molecule has 0 unspecified atom stereocenters. The summed E-state index contributed by atoms with van der Waals surface area (Å²) in [4.78, 5) is 11.1. The lowest BCUT2D eigenvalue weighted by Crippen LogP contribution is -2.03. The number of hydrogen-bond donors (Lipinski definition) is 0. The number of hydrogen-bond acceptors (Lipinski definition) is 2. The second-order valence-electron chi connectivity index (χ2n) is 13.3. The largest absolute Gasteiger partial charge is 0.496 e. The smallest absolute Gasteiger partial charge is 0.159 e. The van der Waals surface area contributed by atoms with Crippen LogP contribution < -0.4 is 4.74 Å². The topological polar surface area (TPSA) is 26.3 Å². The van der Waals surface area contributed by atoms with Gasteiger partial charge in [0.05, 0.1) is 7.11 Å². The van der Waals surface area contributed by atoms with Crippen molar-refractivity contribution in [3.05, 3.63) is 119 Å². The third-order valence-corrected chi connectivity index (χ3v) is 6.94. The molecule has 0 aliphatic heterocycles.